The van der Waals surface area contributed by atoms with Gasteiger partial charge < -0.3 is 4.90 Å². The molecule has 2 aromatic carbocycles. The first kappa shape index (κ1) is 16.6. The summed E-state index contributed by atoms with van der Waals surface area (Å²) in [6.45, 7) is 2.65. The third-order valence-electron chi connectivity index (χ3n) is 4.83. The first-order valence-electron chi connectivity index (χ1n) is 9.08. The van der Waals surface area contributed by atoms with Crippen molar-refractivity contribution in [1.82, 2.24) is 14.7 Å². The van der Waals surface area contributed by atoms with E-state index in [0.717, 1.165) is 16.9 Å². The van der Waals surface area contributed by atoms with E-state index >= 15 is 0 Å². The quantitative estimate of drug-likeness (QED) is 0.690. The maximum atomic E-state index is 13.1. The van der Waals surface area contributed by atoms with Gasteiger partial charge in [-0.3, -0.25) is 4.79 Å². The Kier molecular flexibility index (Phi) is 4.33. The minimum atomic E-state index is -0.00571. The van der Waals surface area contributed by atoms with Crippen LogP contribution in [0.2, 0.25) is 0 Å². The predicted octanol–water partition coefficient (Wildman–Crippen LogP) is 4.33. The molecule has 0 bridgehead atoms. The van der Waals surface area contributed by atoms with E-state index < -0.39 is 0 Å². The molecule has 0 radical (unpaired) electrons. The van der Waals surface area contributed by atoms with Crippen molar-refractivity contribution in [1.29, 1.82) is 0 Å². The lowest BCUT2D eigenvalue weighted by atomic mass is 10.1. The molecule has 1 aromatic heterocycles. The van der Waals surface area contributed by atoms with E-state index in [1.165, 1.54) is 18.4 Å². The van der Waals surface area contributed by atoms with Crippen LogP contribution >= 0.6 is 0 Å². The summed E-state index contributed by atoms with van der Waals surface area (Å²) < 4.78 is 1.79. The van der Waals surface area contributed by atoms with Crippen molar-refractivity contribution in [3.8, 4) is 5.69 Å². The lowest BCUT2D eigenvalue weighted by Gasteiger charge is -2.18. The van der Waals surface area contributed by atoms with Gasteiger partial charge in [-0.2, -0.15) is 5.10 Å². The Morgan fingerprint density at radius 2 is 1.81 bits per heavy atom. The van der Waals surface area contributed by atoms with Crippen molar-refractivity contribution in [2.24, 2.45) is 0 Å². The van der Waals surface area contributed by atoms with E-state index in [2.05, 4.69) is 31.2 Å². The number of benzene rings is 2. The maximum absolute atomic E-state index is 13.1. The molecule has 0 saturated heterocycles. The highest BCUT2D eigenvalue weighted by molar-refractivity contribution is 5.93. The van der Waals surface area contributed by atoms with Crippen LogP contribution < -0.4 is 0 Å². The van der Waals surface area contributed by atoms with Gasteiger partial charge in [0.05, 0.1) is 11.4 Å². The molecule has 0 N–H and O–H groups in total. The fourth-order valence-electron chi connectivity index (χ4n) is 3.13. The van der Waals surface area contributed by atoms with Crippen molar-refractivity contribution in [3.63, 3.8) is 0 Å². The number of hydrogen-bond acceptors (Lipinski definition) is 2. The average molecular weight is 345 g/mol. The molecule has 1 heterocycles. The molecule has 1 aliphatic rings. The van der Waals surface area contributed by atoms with Crippen LogP contribution in [0.15, 0.2) is 60.7 Å². The van der Waals surface area contributed by atoms with Crippen LogP contribution in [0.4, 0.5) is 0 Å². The fraction of sp³-hybridized carbons (Fsp3) is 0.273. The van der Waals surface area contributed by atoms with Gasteiger partial charge in [-0.1, -0.05) is 48.0 Å². The number of nitrogens with zero attached hydrogens (tertiary/aromatic N) is 3. The highest BCUT2D eigenvalue weighted by Gasteiger charge is 2.29. The molecule has 1 saturated carbocycles. The van der Waals surface area contributed by atoms with Gasteiger partial charge in [-0.15, -0.1) is 0 Å². The zero-order chi connectivity index (χ0) is 18.1. The maximum Gasteiger partial charge on any atom is 0.272 e. The minimum absolute atomic E-state index is 0.00571. The number of carbonyl (C=O) groups is 1. The fourth-order valence-corrected chi connectivity index (χ4v) is 3.13. The van der Waals surface area contributed by atoms with Crippen LogP contribution in [-0.4, -0.2) is 27.6 Å². The third-order valence-corrected chi connectivity index (χ3v) is 4.83. The van der Waals surface area contributed by atoms with Gasteiger partial charge in [0.25, 0.3) is 5.91 Å². The van der Waals surface area contributed by atoms with E-state index in [9.17, 15) is 4.79 Å². The number of rotatable bonds is 5. The Balaban J connectivity index is 1.63. The van der Waals surface area contributed by atoms with E-state index in [0.29, 0.717) is 18.2 Å². The second-order valence-electron chi connectivity index (χ2n) is 7.12. The van der Waals surface area contributed by atoms with Crippen molar-refractivity contribution < 1.29 is 4.79 Å². The van der Waals surface area contributed by atoms with Gasteiger partial charge >= 0.3 is 0 Å². The molecule has 0 aliphatic heterocycles. The van der Waals surface area contributed by atoms with Gasteiger partial charge in [-0.05, 0) is 43.5 Å². The molecular weight excluding hydrogens is 322 g/mol. The molecule has 0 unspecified atom stereocenters. The highest BCUT2D eigenvalue weighted by atomic mass is 16.2. The van der Waals surface area contributed by atoms with Crippen molar-refractivity contribution in [2.45, 2.75) is 32.2 Å². The van der Waals surface area contributed by atoms with Crippen molar-refractivity contribution in [3.05, 3.63) is 83.2 Å². The van der Waals surface area contributed by atoms with Crippen LogP contribution in [0.1, 0.15) is 46.1 Å². The second-order valence-corrected chi connectivity index (χ2v) is 7.12. The molecule has 4 heteroatoms. The van der Waals surface area contributed by atoms with E-state index in [-0.39, 0.29) is 5.91 Å². The molecule has 0 spiro atoms. The Bertz CT molecular complexity index is 908. The third kappa shape index (κ3) is 3.40. The van der Waals surface area contributed by atoms with Gasteiger partial charge in [0.2, 0.25) is 0 Å². The standard InChI is InChI=1S/C22H23N3O/c1-16-8-10-17(11-9-16)15-24(2)22(26)21-14-20(18-12-13-18)23-25(21)19-6-4-3-5-7-19/h3-11,14,18H,12-13,15H2,1-2H3. The van der Waals surface area contributed by atoms with E-state index in [1.54, 1.807) is 9.58 Å². The molecule has 0 atom stereocenters. The minimum Gasteiger partial charge on any atom is -0.336 e. The monoisotopic (exact) mass is 345 g/mol. The second kappa shape index (κ2) is 6.79. The van der Waals surface area contributed by atoms with Crippen LogP contribution in [0, 0.1) is 6.92 Å². The van der Waals surface area contributed by atoms with Crippen LogP contribution in [0.5, 0.6) is 0 Å². The predicted molar refractivity (Wildman–Crippen MR) is 103 cm³/mol. The molecule has 132 valence electrons. The normalized spacial score (nSPS) is 13.6. The summed E-state index contributed by atoms with van der Waals surface area (Å²) in [7, 11) is 1.85. The topological polar surface area (TPSA) is 38.1 Å². The molecule has 3 aromatic rings. The Morgan fingerprint density at radius 1 is 1.12 bits per heavy atom. The molecule has 1 amide bonds. The lowest BCUT2D eigenvalue weighted by molar-refractivity contribution is 0.0776. The first-order chi connectivity index (χ1) is 12.6. The summed E-state index contributed by atoms with van der Waals surface area (Å²) in [4.78, 5) is 14.9. The molecule has 4 nitrogen and oxygen atoms in total. The van der Waals surface area contributed by atoms with Gasteiger partial charge in [-0.25, -0.2) is 4.68 Å². The molecule has 1 aliphatic carbocycles. The van der Waals surface area contributed by atoms with Gasteiger partial charge in [0.15, 0.2) is 0 Å². The number of aromatic nitrogens is 2. The molecule has 4 rings (SSSR count). The van der Waals surface area contributed by atoms with Crippen molar-refractivity contribution in [2.75, 3.05) is 7.05 Å². The summed E-state index contributed by atoms with van der Waals surface area (Å²) >= 11 is 0. The molecule has 26 heavy (non-hydrogen) atoms. The lowest BCUT2D eigenvalue weighted by Crippen LogP contribution is -2.28. The number of para-hydroxylation sites is 1. The molecular formula is C22H23N3O. The van der Waals surface area contributed by atoms with E-state index in [4.69, 9.17) is 5.10 Å². The zero-order valence-electron chi connectivity index (χ0n) is 15.2. The largest absolute Gasteiger partial charge is 0.336 e. The number of aryl methyl sites for hydroxylation is 1. The first-order valence-corrected chi connectivity index (χ1v) is 9.08. The van der Waals surface area contributed by atoms with Crippen LogP contribution in [-0.2, 0) is 6.54 Å². The summed E-state index contributed by atoms with van der Waals surface area (Å²) in [5.41, 5.74) is 4.93. The highest BCUT2D eigenvalue weighted by Crippen LogP contribution is 2.39. The van der Waals surface area contributed by atoms with Crippen LogP contribution in [0.25, 0.3) is 5.69 Å². The SMILES string of the molecule is Cc1ccc(CN(C)C(=O)c2cc(C3CC3)nn2-c2ccccc2)cc1. The van der Waals surface area contributed by atoms with Gasteiger partial charge in [0.1, 0.15) is 5.69 Å². The van der Waals surface area contributed by atoms with Crippen LogP contribution in [0.3, 0.4) is 0 Å². The van der Waals surface area contributed by atoms with E-state index in [1.807, 2.05) is 43.4 Å². The summed E-state index contributed by atoms with van der Waals surface area (Å²) in [5.74, 6) is 0.503. The summed E-state index contributed by atoms with van der Waals surface area (Å²) in [6.07, 6.45) is 2.33. The Labute approximate surface area is 154 Å². The summed E-state index contributed by atoms with van der Waals surface area (Å²) in [5, 5.41) is 4.73. The number of amides is 1. The number of hydrogen-bond donors (Lipinski definition) is 0. The smallest absolute Gasteiger partial charge is 0.272 e. The Hall–Kier alpha value is -2.88. The molecule has 1 fully saturated rings. The Morgan fingerprint density at radius 3 is 2.46 bits per heavy atom. The zero-order valence-corrected chi connectivity index (χ0v) is 15.2. The summed E-state index contributed by atoms with van der Waals surface area (Å²) in [6, 6.07) is 20.2. The number of carbonyl (C=O) groups excluding carboxylic acids is 1. The van der Waals surface area contributed by atoms with Gasteiger partial charge in [0, 0.05) is 19.5 Å². The van der Waals surface area contributed by atoms with Crippen molar-refractivity contribution >= 4 is 5.91 Å². The average Bonchev–Trinajstić information content (AvgIpc) is 3.42.